The van der Waals surface area contributed by atoms with Crippen LogP contribution in [0.1, 0.15) is 32.6 Å². The lowest BCUT2D eigenvalue weighted by molar-refractivity contribution is -0.128. The number of thiazole rings is 1. The zero-order chi connectivity index (χ0) is 17.7. The number of ketones is 1. The van der Waals surface area contributed by atoms with Crippen molar-refractivity contribution >= 4 is 33.1 Å². The summed E-state index contributed by atoms with van der Waals surface area (Å²) < 4.78 is 26.1. The molecule has 7 nitrogen and oxygen atoms in total. The third kappa shape index (κ3) is 4.61. The van der Waals surface area contributed by atoms with Crippen molar-refractivity contribution in [1.29, 1.82) is 0 Å². The molecule has 24 heavy (non-hydrogen) atoms. The van der Waals surface area contributed by atoms with Gasteiger partial charge < -0.3 is 5.32 Å². The maximum Gasteiger partial charge on any atom is 0.270 e. The number of nitrogens with zero attached hydrogens (tertiary/aromatic N) is 2. The maximum atomic E-state index is 12.5. The van der Waals surface area contributed by atoms with Crippen LogP contribution >= 0.6 is 11.3 Å². The Balaban J connectivity index is 2.02. The average Bonchev–Trinajstić information content (AvgIpc) is 3.01. The number of Topliss-reactive ketones (excluding diaryl/α,β-unsaturated/α-hetero) is 1. The molecule has 2 rings (SSSR count). The Hall–Kier alpha value is -1.32. The van der Waals surface area contributed by atoms with Gasteiger partial charge in [0, 0.05) is 24.5 Å². The molecule has 0 aromatic carbocycles. The first-order valence-electron chi connectivity index (χ1n) is 7.85. The van der Waals surface area contributed by atoms with Crippen LogP contribution < -0.4 is 5.32 Å². The van der Waals surface area contributed by atoms with Crippen LogP contribution in [-0.2, 0) is 19.6 Å². The van der Waals surface area contributed by atoms with E-state index in [0.717, 1.165) is 15.6 Å². The number of hydrogen-bond acceptors (Lipinski definition) is 6. The monoisotopic (exact) mass is 372 g/mol. The van der Waals surface area contributed by atoms with Gasteiger partial charge in [-0.25, -0.2) is 13.4 Å². The Morgan fingerprint density at radius 1 is 1.58 bits per heavy atom. The molecule has 2 heterocycles. The van der Waals surface area contributed by atoms with E-state index < -0.39 is 16.1 Å². The van der Waals surface area contributed by atoms with E-state index in [0.29, 0.717) is 25.7 Å². The molecule has 1 fully saturated rings. The van der Waals surface area contributed by atoms with Gasteiger partial charge in [0.2, 0.25) is 10.2 Å². The van der Waals surface area contributed by atoms with Crippen molar-refractivity contribution in [3.8, 4) is 0 Å². The molecule has 1 unspecified atom stereocenters. The van der Waals surface area contributed by atoms with E-state index in [2.05, 4.69) is 17.2 Å². The molecule has 0 spiro atoms. The number of sulfonamides is 1. The van der Waals surface area contributed by atoms with Gasteiger partial charge in [-0.3, -0.25) is 9.59 Å². The minimum Gasteiger partial charge on any atom is -0.346 e. The number of nitrogens with one attached hydrogen (secondary N) is 1. The van der Waals surface area contributed by atoms with E-state index in [4.69, 9.17) is 0 Å². The van der Waals surface area contributed by atoms with Crippen molar-refractivity contribution in [2.75, 3.05) is 13.1 Å². The lowest BCUT2D eigenvalue weighted by Gasteiger charge is -2.18. The molecule has 1 radical (unpaired) electrons. The fraction of sp³-hybridized carbons (Fsp3) is 0.600. The highest BCUT2D eigenvalue weighted by molar-refractivity contribution is 7.91. The topological polar surface area (TPSA) is 96.4 Å². The summed E-state index contributed by atoms with van der Waals surface area (Å²) in [7, 11) is -3.75. The summed E-state index contributed by atoms with van der Waals surface area (Å²) in [6, 6.07) is -0.633. The van der Waals surface area contributed by atoms with Crippen LogP contribution in [0.15, 0.2) is 15.9 Å². The highest BCUT2D eigenvalue weighted by Gasteiger charge is 2.34. The molecule has 1 aromatic rings. The third-order valence-corrected chi connectivity index (χ3v) is 6.98. The number of carbonyl (C=O) groups excluding carboxylic acids is 2. The highest BCUT2D eigenvalue weighted by atomic mass is 32.2. The van der Waals surface area contributed by atoms with Crippen LogP contribution in [0.3, 0.4) is 0 Å². The maximum absolute atomic E-state index is 12.5. The Kier molecular flexibility index (Phi) is 6.47. The first kappa shape index (κ1) is 19.0. The molecule has 1 amide bonds. The summed E-state index contributed by atoms with van der Waals surface area (Å²) in [4.78, 5) is 28.2. The number of hydrogen-bond donors (Lipinski definition) is 1. The molecule has 1 saturated heterocycles. The van der Waals surface area contributed by atoms with E-state index in [-0.39, 0.29) is 35.0 Å². The van der Waals surface area contributed by atoms with Crippen LogP contribution in [0, 0.1) is 12.8 Å². The van der Waals surface area contributed by atoms with Crippen molar-refractivity contribution in [3.05, 3.63) is 18.5 Å². The molecule has 1 aliphatic heterocycles. The first-order chi connectivity index (χ1) is 11.3. The number of amides is 1. The van der Waals surface area contributed by atoms with E-state index in [9.17, 15) is 18.0 Å². The predicted octanol–water partition coefficient (Wildman–Crippen LogP) is 1.23. The van der Waals surface area contributed by atoms with Crippen molar-refractivity contribution in [3.63, 3.8) is 0 Å². The van der Waals surface area contributed by atoms with Crippen LogP contribution in [-0.4, -0.2) is 48.5 Å². The van der Waals surface area contributed by atoms with E-state index in [1.165, 1.54) is 6.20 Å². The van der Waals surface area contributed by atoms with Gasteiger partial charge in [-0.15, -0.1) is 11.3 Å². The summed E-state index contributed by atoms with van der Waals surface area (Å²) in [5.74, 6) is -0.336. The molecule has 0 aliphatic carbocycles. The van der Waals surface area contributed by atoms with Crippen molar-refractivity contribution < 1.29 is 18.0 Å². The Bertz CT molecular complexity index is 673. The van der Waals surface area contributed by atoms with Gasteiger partial charge in [0.05, 0.1) is 12.6 Å². The zero-order valence-electron chi connectivity index (χ0n) is 13.6. The third-order valence-electron chi connectivity index (χ3n) is 3.95. The second-order valence-electron chi connectivity index (χ2n) is 5.96. The van der Waals surface area contributed by atoms with E-state index in [1.54, 1.807) is 5.38 Å². The molecular formula is C15H22N3O4S2. The van der Waals surface area contributed by atoms with Crippen LogP contribution in [0.25, 0.3) is 0 Å². The van der Waals surface area contributed by atoms with Crippen LogP contribution in [0.2, 0.25) is 0 Å². The normalized spacial score (nSPS) is 21.2. The molecule has 0 saturated carbocycles. The van der Waals surface area contributed by atoms with E-state index >= 15 is 0 Å². The Labute approximate surface area is 146 Å². The van der Waals surface area contributed by atoms with Gasteiger partial charge in [-0.1, -0.05) is 20.3 Å². The van der Waals surface area contributed by atoms with Crippen LogP contribution in [0.5, 0.6) is 0 Å². The lowest BCUT2D eigenvalue weighted by atomic mass is 10.0. The summed E-state index contributed by atoms with van der Waals surface area (Å²) in [5, 5.41) is 4.31. The lowest BCUT2D eigenvalue weighted by Crippen LogP contribution is -2.44. The predicted molar refractivity (Wildman–Crippen MR) is 90.8 cm³/mol. The quantitative estimate of drug-likeness (QED) is 0.810. The summed E-state index contributed by atoms with van der Waals surface area (Å²) >= 11 is 1.02. The number of aromatic nitrogens is 1. The minimum atomic E-state index is -3.75. The van der Waals surface area contributed by atoms with Crippen molar-refractivity contribution in [1.82, 2.24) is 14.6 Å². The van der Waals surface area contributed by atoms with Crippen molar-refractivity contribution in [2.45, 2.75) is 43.0 Å². The van der Waals surface area contributed by atoms with Gasteiger partial charge in [-0.05, 0) is 18.8 Å². The number of rotatable bonds is 6. The van der Waals surface area contributed by atoms with Gasteiger partial charge in [0.25, 0.3) is 10.0 Å². The molecule has 1 aliphatic rings. The molecule has 1 N–H and O–H groups in total. The fourth-order valence-corrected chi connectivity index (χ4v) is 4.88. The van der Waals surface area contributed by atoms with Gasteiger partial charge in [-0.2, -0.15) is 4.31 Å². The average molecular weight is 372 g/mol. The summed E-state index contributed by atoms with van der Waals surface area (Å²) in [5.41, 5.74) is 0. The minimum absolute atomic E-state index is 0.0120. The molecule has 2 atom stereocenters. The highest BCUT2D eigenvalue weighted by Crippen LogP contribution is 2.21. The molecule has 133 valence electrons. The largest absolute Gasteiger partial charge is 0.346 e. The van der Waals surface area contributed by atoms with Gasteiger partial charge in [0.1, 0.15) is 0 Å². The Morgan fingerprint density at radius 3 is 2.96 bits per heavy atom. The summed E-state index contributed by atoms with van der Waals surface area (Å²) in [6.45, 7) is 5.68. The zero-order valence-corrected chi connectivity index (χ0v) is 15.2. The summed E-state index contributed by atoms with van der Waals surface area (Å²) in [6.07, 6.45) is 3.32. The molecular weight excluding hydrogens is 350 g/mol. The SMILES string of the molecule is [CH2]C[C@H](C)CC(=O)NC1CCCN(S(=O)(=O)c2nccs2)CC1=O. The van der Waals surface area contributed by atoms with Crippen LogP contribution in [0.4, 0.5) is 0 Å². The molecule has 0 bridgehead atoms. The van der Waals surface area contributed by atoms with Crippen molar-refractivity contribution in [2.24, 2.45) is 5.92 Å². The van der Waals surface area contributed by atoms with Gasteiger partial charge >= 0.3 is 0 Å². The Morgan fingerprint density at radius 2 is 2.33 bits per heavy atom. The number of carbonyl (C=O) groups is 2. The second kappa shape index (κ2) is 8.17. The van der Waals surface area contributed by atoms with E-state index in [1.807, 2.05) is 6.92 Å². The molecule has 1 aromatic heterocycles. The fourth-order valence-electron chi connectivity index (χ4n) is 2.47. The molecule has 9 heteroatoms. The first-order valence-corrected chi connectivity index (χ1v) is 10.2. The second-order valence-corrected chi connectivity index (χ2v) is 8.97. The van der Waals surface area contributed by atoms with Gasteiger partial charge in [0.15, 0.2) is 5.78 Å². The standard InChI is InChI=1S/C15H22N3O4S2/c1-3-11(2)9-14(20)17-12-5-4-7-18(10-13(12)19)24(21,22)15-16-6-8-23-15/h6,8,11-12H,1,3-5,7,9-10H2,2H3,(H,17,20)/t11-,12?/m0/s1. The smallest absolute Gasteiger partial charge is 0.270 e.